The number of hydrogen-bond acceptors (Lipinski definition) is 6. The van der Waals surface area contributed by atoms with Crippen molar-refractivity contribution in [2.24, 2.45) is 11.8 Å². The first-order chi connectivity index (χ1) is 17.6. The van der Waals surface area contributed by atoms with Gasteiger partial charge in [0.25, 0.3) is 5.91 Å². The summed E-state index contributed by atoms with van der Waals surface area (Å²) < 4.78 is 63.5. The average molecular weight is 550 g/mol. The molecular weight excluding hydrogens is 526 g/mol. The Balaban J connectivity index is 0.000000301. The highest BCUT2D eigenvalue weighted by Gasteiger charge is 2.42. The van der Waals surface area contributed by atoms with Gasteiger partial charge < -0.3 is 15.1 Å². The van der Waals surface area contributed by atoms with Gasteiger partial charge in [0.2, 0.25) is 0 Å². The number of aliphatic carboxylic acids is 2. The van der Waals surface area contributed by atoms with E-state index >= 15 is 0 Å². The summed E-state index contributed by atoms with van der Waals surface area (Å²) in [7, 11) is 0. The predicted octanol–water partition coefficient (Wildman–Crippen LogP) is 3.26. The number of carboxylic acids is 2. The second-order valence-electron chi connectivity index (χ2n) is 8.54. The topological polar surface area (TPSA) is 124 Å². The van der Waals surface area contributed by atoms with E-state index in [0.717, 1.165) is 44.1 Å². The van der Waals surface area contributed by atoms with Crippen LogP contribution in [0.15, 0.2) is 42.7 Å². The van der Waals surface area contributed by atoms with Gasteiger partial charge >= 0.3 is 24.3 Å². The van der Waals surface area contributed by atoms with Crippen LogP contribution in [0.25, 0.3) is 0 Å². The summed E-state index contributed by atoms with van der Waals surface area (Å²) in [6, 6.07) is 9.87. The lowest BCUT2D eigenvalue weighted by Crippen LogP contribution is -2.33. The van der Waals surface area contributed by atoms with Crippen molar-refractivity contribution < 1.29 is 50.9 Å². The zero-order valence-corrected chi connectivity index (χ0v) is 19.9. The molecule has 2 aliphatic heterocycles. The number of rotatable bonds is 3. The van der Waals surface area contributed by atoms with E-state index in [-0.39, 0.29) is 5.91 Å². The van der Waals surface area contributed by atoms with E-state index in [1.807, 2.05) is 30.0 Å². The minimum atomic E-state index is -5.08. The highest BCUT2D eigenvalue weighted by molar-refractivity contribution is 5.94. The number of carbonyl (C=O) groups excluding carboxylic acids is 1. The minimum Gasteiger partial charge on any atom is -0.475 e. The maximum Gasteiger partial charge on any atom is 0.490 e. The van der Waals surface area contributed by atoms with Crippen molar-refractivity contribution in [1.29, 1.82) is 0 Å². The third-order valence-corrected chi connectivity index (χ3v) is 5.57. The van der Waals surface area contributed by atoms with Crippen LogP contribution < -0.4 is 0 Å². The molecule has 2 N–H and O–H groups in total. The van der Waals surface area contributed by atoms with Crippen LogP contribution in [-0.4, -0.2) is 86.4 Å². The molecule has 2 aromatic heterocycles. The number of aromatic nitrogens is 2. The molecule has 0 aromatic carbocycles. The molecule has 2 aromatic rings. The second-order valence-corrected chi connectivity index (χ2v) is 8.54. The van der Waals surface area contributed by atoms with Gasteiger partial charge in [-0.15, -0.1) is 0 Å². The molecule has 2 saturated heterocycles. The van der Waals surface area contributed by atoms with Crippen LogP contribution in [0, 0.1) is 18.8 Å². The number of carboxylic acid groups (broad SMARTS) is 2. The maximum absolute atomic E-state index is 12.6. The van der Waals surface area contributed by atoms with E-state index in [2.05, 4.69) is 27.0 Å². The molecule has 0 unspecified atom stereocenters. The molecule has 9 nitrogen and oxygen atoms in total. The van der Waals surface area contributed by atoms with Gasteiger partial charge in [0.15, 0.2) is 0 Å². The number of hydrogen-bond donors (Lipinski definition) is 2. The molecule has 0 aliphatic carbocycles. The van der Waals surface area contributed by atoms with Crippen LogP contribution in [-0.2, 0) is 16.1 Å². The van der Waals surface area contributed by atoms with Crippen molar-refractivity contribution in [3.63, 3.8) is 0 Å². The quantitative estimate of drug-likeness (QED) is 0.559. The normalized spacial score (nSPS) is 19.0. The molecule has 2 fully saturated rings. The lowest BCUT2D eigenvalue weighted by molar-refractivity contribution is -0.193. The predicted molar refractivity (Wildman–Crippen MR) is 119 cm³/mol. The van der Waals surface area contributed by atoms with Gasteiger partial charge in [-0.05, 0) is 43.0 Å². The van der Waals surface area contributed by atoms with E-state index < -0.39 is 24.3 Å². The molecule has 2 atom stereocenters. The van der Waals surface area contributed by atoms with Crippen molar-refractivity contribution in [1.82, 2.24) is 19.8 Å². The van der Waals surface area contributed by atoms with Crippen molar-refractivity contribution in [2.75, 3.05) is 26.2 Å². The highest BCUT2D eigenvalue weighted by Crippen LogP contribution is 2.32. The molecule has 2 aliphatic rings. The molecular formula is C23H24F6N4O5. The molecule has 4 rings (SSSR count). The number of pyridine rings is 2. The Bertz CT molecular complexity index is 1080. The van der Waals surface area contributed by atoms with Gasteiger partial charge in [0, 0.05) is 50.8 Å². The number of nitrogens with zero attached hydrogens (tertiary/aromatic N) is 4. The molecule has 38 heavy (non-hydrogen) atoms. The largest absolute Gasteiger partial charge is 0.490 e. The van der Waals surface area contributed by atoms with Crippen LogP contribution in [0.5, 0.6) is 0 Å². The molecule has 0 spiro atoms. The number of halogens is 6. The second kappa shape index (κ2) is 12.7. The van der Waals surface area contributed by atoms with Crippen LogP contribution in [0.1, 0.15) is 21.7 Å². The van der Waals surface area contributed by atoms with Gasteiger partial charge in [0.1, 0.15) is 0 Å². The Labute approximate surface area is 212 Å². The number of alkyl halides is 6. The number of amides is 1. The molecule has 15 heteroatoms. The summed E-state index contributed by atoms with van der Waals surface area (Å²) >= 11 is 0. The van der Waals surface area contributed by atoms with Gasteiger partial charge in [-0.25, -0.2) is 9.59 Å². The van der Waals surface area contributed by atoms with Gasteiger partial charge in [-0.3, -0.25) is 19.7 Å². The molecule has 1 amide bonds. The van der Waals surface area contributed by atoms with Crippen LogP contribution in [0.3, 0.4) is 0 Å². The van der Waals surface area contributed by atoms with Crippen molar-refractivity contribution in [3.8, 4) is 0 Å². The van der Waals surface area contributed by atoms with Crippen molar-refractivity contribution in [3.05, 3.63) is 59.7 Å². The third kappa shape index (κ3) is 9.28. The van der Waals surface area contributed by atoms with Crippen molar-refractivity contribution in [2.45, 2.75) is 25.8 Å². The molecule has 4 heterocycles. The molecule has 0 radical (unpaired) electrons. The zero-order valence-electron chi connectivity index (χ0n) is 19.9. The van der Waals surface area contributed by atoms with Gasteiger partial charge in [-0.1, -0.05) is 6.07 Å². The number of fused-ring (bicyclic) bond motifs is 1. The Morgan fingerprint density at radius 3 is 1.84 bits per heavy atom. The third-order valence-electron chi connectivity index (χ3n) is 5.57. The Hall–Kier alpha value is -3.75. The summed E-state index contributed by atoms with van der Waals surface area (Å²) in [6.07, 6.45) is -6.81. The fourth-order valence-electron chi connectivity index (χ4n) is 3.97. The zero-order chi connectivity index (χ0) is 28.7. The smallest absolute Gasteiger partial charge is 0.475 e. The van der Waals surface area contributed by atoms with E-state index in [0.29, 0.717) is 17.4 Å². The number of aryl methyl sites for hydroxylation is 1. The van der Waals surface area contributed by atoms with E-state index in [1.165, 1.54) is 0 Å². The molecule has 0 bridgehead atoms. The summed E-state index contributed by atoms with van der Waals surface area (Å²) in [5, 5.41) is 14.2. The van der Waals surface area contributed by atoms with Crippen LogP contribution in [0.4, 0.5) is 26.3 Å². The summed E-state index contributed by atoms with van der Waals surface area (Å²) in [4.78, 5) is 43.5. The summed E-state index contributed by atoms with van der Waals surface area (Å²) in [5.74, 6) is -4.24. The van der Waals surface area contributed by atoms with Gasteiger partial charge in [0.05, 0.1) is 11.3 Å². The monoisotopic (exact) mass is 550 g/mol. The number of carbonyl (C=O) groups is 3. The standard InChI is InChI=1S/C19H22N4O.2C2HF3O2/c1-14-4-2-6-18(21-14)13-22-9-16-11-23(12-17(16)10-22)19(24)15-5-3-7-20-8-15;2*3-2(4,5)1(6)7/h2-8,16-17H,9-13H2,1H3;2*(H,6,7)/t16-,17+;;. The van der Waals surface area contributed by atoms with Gasteiger partial charge in [-0.2, -0.15) is 26.3 Å². The fourth-order valence-corrected chi connectivity index (χ4v) is 3.97. The summed E-state index contributed by atoms with van der Waals surface area (Å²) in [5.41, 5.74) is 2.90. The lowest BCUT2D eigenvalue weighted by atomic mass is 10.0. The summed E-state index contributed by atoms with van der Waals surface area (Å²) in [6.45, 7) is 6.76. The minimum absolute atomic E-state index is 0.115. The Kier molecular flexibility index (Phi) is 10.2. The average Bonchev–Trinajstić information content (AvgIpc) is 3.37. The Morgan fingerprint density at radius 2 is 1.42 bits per heavy atom. The van der Waals surface area contributed by atoms with Crippen LogP contribution in [0.2, 0.25) is 0 Å². The number of likely N-dealkylation sites (tertiary alicyclic amines) is 2. The fraction of sp³-hybridized carbons (Fsp3) is 0.435. The highest BCUT2D eigenvalue weighted by atomic mass is 19.4. The molecule has 0 saturated carbocycles. The first-order valence-electron chi connectivity index (χ1n) is 11.0. The Morgan fingerprint density at radius 1 is 0.895 bits per heavy atom. The van der Waals surface area contributed by atoms with E-state index in [9.17, 15) is 31.1 Å². The van der Waals surface area contributed by atoms with E-state index in [1.54, 1.807) is 12.4 Å². The van der Waals surface area contributed by atoms with Crippen LogP contribution >= 0.6 is 0 Å². The van der Waals surface area contributed by atoms with E-state index in [4.69, 9.17) is 19.8 Å². The molecule has 208 valence electrons. The first kappa shape index (κ1) is 30.5. The maximum atomic E-state index is 12.6. The lowest BCUT2D eigenvalue weighted by Gasteiger charge is -2.21. The SMILES string of the molecule is Cc1cccc(CN2C[C@@H]3CN(C(=O)c4cccnc4)C[C@@H]3C2)n1.O=C(O)C(F)(F)F.O=C(O)C(F)(F)F. The first-order valence-corrected chi connectivity index (χ1v) is 11.0. The van der Waals surface area contributed by atoms with Crippen molar-refractivity contribution >= 4 is 17.8 Å².